The van der Waals surface area contributed by atoms with E-state index in [1.54, 1.807) is 4.81 Å². The molecule has 0 N–H and O–H groups in total. The van der Waals surface area contributed by atoms with Crippen molar-refractivity contribution in [3.63, 3.8) is 0 Å². The Morgan fingerprint density at radius 2 is 1.46 bits per heavy atom. The number of fused-ring (bicyclic) bond motifs is 2. The molecule has 0 radical (unpaired) electrons. The van der Waals surface area contributed by atoms with Gasteiger partial charge in [-0.2, -0.15) is 5.56 Å². The van der Waals surface area contributed by atoms with E-state index < -0.39 is 29.3 Å². The number of hydrogen-bond donors (Lipinski definition) is 0. The second kappa shape index (κ2) is 13.4. The van der Waals surface area contributed by atoms with Gasteiger partial charge >= 0.3 is 37.9 Å². The molecule has 8 rings (SSSR count). The van der Waals surface area contributed by atoms with Crippen LogP contribution in [0.5, 0.6) is 0 Å². The maximum atomic E-state index is 6.39. The Morgan fingerprint density at radius 3 is 2.04 bits per heavy atom. The van der Waals surface area contributed by atoms with E-state index in [1.807, 2.05) is 6.92 Å². The van der Waals surface area contributed by atoms with Crippen molar-refractivity contribution in [2.45, 2.75) is 52.1 Å². The minimum atomic E-state index is -0.826. The zero-order valence-corrected chi connectivity index (χ0v) is 31.6. The monoisotopic (exact) mass is 731 g/mol. The Bertz CT molecular complexity index is 2150. The molecule has 4 aromatic carbocycles. The van der Waals surface area contributed by atoms with Crippen molar-refractivity contribution in [3.05, 3.63) is 152 Å². The van der Waals surface area contributed by atoms with Crippen LogP contribution >= 0.6 is 17.0 Å². The van der Waals surface area contributed by atoms with Crippen LogP contribution in [0, 0.1) is 31.7 Å². The zero-order chi connectivity index (χ0) is 31.9. The maximum absolute atomic E-state index is 6.39. The molecule has 1 nitrogen and oxygen atoms in total. The molecule has 5 heteroatoms. The van der Waals surface area contributed by atoms with Crippen molar-refractivity contribution in [2.24, 2.45) is 0 Å². The van der Waals surface area contributed by atoms with E-state index >= 15 is 0 Å². The van der Waals surface area contributed by atoms with E-state index in [0.29, 0.717) is 0 Å². The molecule has 0 bridgehead atoms. The first-order chi connectivity index (χ1) is 22.4. The SMILES string of the molecule is CC1=[C-]c2cc(=[Si]3CCC3)c(C)c(-c3ccccc3)c2=C1C1C(c2ccc(C)o2)=Cc2c1ccc(C)c2-c1ccccc1.[Cl][Zr][Cl]. The summed E-state index contributed by atoms with van der Waals surface area (Å²) in [5.74, 6) is 1.96. The average Bonchev–Trinajstić information content (AvgIpc) is 3.72. The summed E-state index contributed by atoms with van der Waals surface area (Å²) in [6.07, 6.45) is 7.70. The van der Waals surface area contributed by atoms with Gasteiger partial charge in [-0.15, -0.1) is 28.5 Å². The predicted octanol–water partition coefficient (Wildman–Crippen LogP) is 11.2. The molecule has 46 heavy (non-hydrogen) atoms. The molecule has 1 saturated heterocycles. The third-order valence-electron chi connectivity index (χ3n) is 9.77. The van der Waals surface area contributed by atoms with Crippen LogP contribution in [0.15, 0.2) is 101 Å². The number of rotatable bonds is 4. The summed E-state index contributed by atoms with van der Waals surface area (Å²) in [7, 11) is 9.38. The molecule has 3 aliphatic rings. The Hall–Kier alpha value is -2.81. The van der Waals surface area contributed by atoms with Gasteiger partial charge in [0.2, 0.25) is 0 Å². The van der Waals surface area contributed by atoms with E-state index in [4.69, 9.17) is 21.4 Å². The molecule has 228 valence electrons. The third kappa shape index (κ3) is 5.58. The van der Waals surface area contributed by atoms with Crippen LogP contribution in [0.25, 0.3) is 39.5 Å². The summed E-state index contributed by atoms with van der Waals surface area (Å²) in [5.41, 5.74) is 15.8. The van der Waals surface area contributed by atoms with Crippen molar-refractivity contribution in [2.75, 3.05) is 0 Å². The summed E-state index contributed by atoms with van der Waals surface area (Å²) < 4.78 is 6.39. The van der Waals surface area contributed by atoms with E-state index in [9.17, 15) is 0 Å². The topological polar surface area (TPSA) is 13.1 Å². The molecule has 1 unspecified atom stereocenters. The fourth-order valence-corrected chi connectivity index (χ4v) is 9.84. The molecular formula is C41H35Cl2OSiZr-. The number of furan rings is 1. The number of benzene rings is 4. The summed E-state index contributed by atoms with van der Waals surface area (Å²) in [6, 6.07) is 36.1. The fraction of sp³-hybridized carbons (Fsp3) is 0.195. The zero-order valence-electron chi connectivity index (χ0n) is 26.6. The number of aryl methyl sites for hydroxylation is 2. The van der Waals surface area contributed by atoms with E-state index in [2.05, 4.69) is 124 Å². The molecule has 1 aliphatic heterocycles. The van der Waals surface area contributed by atoms with Gasteiger partial charge in [0.15, 0.2) is 0 Å². The van der Waals surface area contributed by atoms with Crippen molar-refractivity contribution in [1.29, 1.82) is 0 Å². The van der Waals surface area contributed by atoms with E-state index in [-0.39, 0.29) is 5.92 Å². The molecule has 0 amide bonds. The number of allylic oxidation sites excluding steroid dienone is 2. The van der Waals surface area contributed by atoms with Crippen LogP contribution in [-0.4, -0.2) is 8.41 Å². The van der Waals surface area contributed by atoms with Gasteiger partial charge in [-0.05, 0) is 95.9 Å². The van der Waals surface area contributed by atoms with E-state index in [0.717, 1.165) is 11.5 Å². The first kappa shape index (κ1) is 31.8. The summed E-state index contributed by atoms with van der Waals surface area (Å²) >= 11 is -0.826. The van der Waals surface area contributed by atoms with Gasteiger partial charge in [0.05, 0.1) is 0 Å². The molecule has 2 aliphatic carbocycles. The van der Waals surface area contributed by atoms with Gasteiger partial charge in [0, 0.05) is 8.41 Å². The molecule has 1 fully saturated rings. The van der Waals surface area contributed by atoms with Crippen molar-refractivity contribution in [3.8, 4) is 22.3 Å². The van der Waals surface area contributed by atoms with Crippen LogP contribution in [0.2, 0.25) is 12.1 Å². The Kier molecular flexibility index (Phi) is 9.23. The Labute approximate surface area is 292 Å². The fourth-order valence-electron chi connectivity index (χ4n) is 7.59. The van der Waals surface area contributed by atoms with Gasteiger partial charge in [-0.3, -0.25) is 0 Å². The Morgan fingerprint density at radius 1 is 0.804 bits per heavy atom. The van der Waals surface area contributed by atoms with Crippen LogP contribution in [0.4, 0.5) is 0 Å². The van der Waals surface area contributed by atoms with Crippen molar-refractivity contribution < 1.29 is 25.3 Å². The minimum absolute atomic E-state index is 0.0581. The normalized spacial score (nSPS) is 16.2. The standard InChI is InChI=1S/C41H35OSi.2ClH.Zr/c1-25-16-18-32-33(37(25)29-12-7-5-8-13-29)24-34(35-19-17-27(3)42-35)41(32)38-26(2)22-31-23-36(43-20-11-21-43)28(4)39(40(31)38)30-14-9-6-10-15-30;;;/h5-10,12-19,23-24,41H,11,20-21H2,1-4H3;2*1H;/q-1;;;+2/p-2. The van der Waals surface area contributed by atoms with Crippen LogP contribution in [-0.2, 0) is 20.8 Å². The van der Waals surface area contributed by atoms with Gasteiger partial charge < -0.3 is 4.42 Å². The van der Waals surface area contributed by atoms with Crippen LogP contribution < -0.4 is 5.22 Å². The van der Waals surface area contributed by atoms with E-state index in [1.165, 1.54) is 90.5 Å². The molecule has 0 saturated carbocycles. The number of hydrogen-bond acceptors (Lipinski definition) is 1. The van der Waals surface area contributed by atoms with Crippen LogP contribution in [0.1, 0.15) is 58.6 Å². The van der Waals surface area contributed by atoms with Gasteiger partial charge in [-0.25, -0.2) is 0 Å². The van der Waals surface area contributed by atoms with Crippen LogP contribution in [0.3, 0.4) is 0 Å². The average molecular weight is 734 g/mol. The first-order valence-electron chi connectivity index (χ1n) is 15.9. The third-order valence-corrected chi connectivity index (χ3v) is 13.0. The Balaban J connectivity index is 0.00000109. The van der Waals surface area contributed by atoms with Gasteiger partial charge in [-0.1, -0.05) is 102 Å². The summed E-state index contributed by atoms with van der Waals surface area (Å²) in [4.78, 5) is 1.61. The molecule has 1 aromatic heterocycles. The van der Waals surface area contributed by atoms with Crippen molar-refractivity contribution >= 4 is 42.7 Å². The molecule has 0 spiro atoms. The molecule has 5 aromatic rings. The molecule has 1 atom stereocenters. The molecular weight excluding hydrogens is 699 g/mol. The van der Waals surface area contributed by atoms with Crippen molar-refractivity contribution in [1.82, 2.24) is 0 Å². The predicted molar refractivity (Wildman–Crippen MR) is 192 cm³/mol. The first-order valence-corrected chi connectivity index (χ1v) is 24.2. The summed E-state index contributed by atoms with van der Waals surface area (Å²) in [5, 5.41) is 1.36. The summed E-state index contributed by atoms with van der Waals surface area (Å²) in [6.45, 7) is 8.93. The molecule has 2 heterocycles. The number of halogens is 2. The quantitative estimate of drug-likeness (QED) is 0.132. The van der Waals surface area contributed by atoms with Gasteiger partial charge in [0.1, 0.15) is 11.5 Å². The van der Waals surface area contributed by atoms with Gasteiger partial charge in [0.25, 0.3) is 0 Å². The second-order valence-corrected chi connectivity index (χ2v) is 19.0. The second-order valence-electron chi connectivity index (χ2n) is 12.5.